The highest BCUT2D eigenvalue weighted by molar-refractivity contribution is 5.94. The van der Waals surface area contributed by atoms with E-state index >= 15 is 0 Å². The number of rotatable bonds is 10. The summed E-state index contributed by atoms with van der Waals surface area (Å²) in [6.45, 7) is 4.31. The molecular formula is C25H35N5O2. The van der Waals surface area contributed by atoms with E-state index in [0.29, 0.717) is 12.1 Å². The molecule has 3 rings (SSSR count). The molecule has 1 fully saturated rings. The van der Waals surface area contributed by atoms with Gasteiger partial charge in [0.15, 0.2) is 5.96 Å². The number of nitrogens with one attached hydrogen (secondary N) is 3. The second kappa shape index (κ2) is 12.7. The summed E-state index contributed by atoms with van der Waals surface area (Å²) in [5.41, 5.74) is 1.93. The fourth-order valence-electron chi connectivity index (χ4n) is 3.96. The monoisotopic (exact) mass is 437 g/mol. The first-order valence-electron chi connectivity index (χ1n) is 11.4. The Hall–Kier alpha value is -3.06. The molecule has 1 amide bonds. The van der Waals surface area contributed by atoms with Crippen molar-refractivity contribution >= 4 is 11.9 Å². The number of benzene rings is 2. The molecule has 7 heteroatoms. The molecule has 1 saturated heterocycles. The zero-order valence-corrected chi connectivity index (χ0v) is 19.1. The lowest BCUT2D eigenvalue weighted by atomic mass is 10.1. The number of ether oxygens (including phenoxy) is 1. The maximum atomic E-state index is 12.1. The van der Waals surface area contributed by atoms with Crippen molar-refractivity contribution in [2.75, 3.05) is 46.9 Å². The highest BCUT2D eigenvalue weighted by Crippen LogP contribution is 2.27. The zero-order valence-electron chi connectivity index (χ0n) is 19.1. The van der Waals surface area contributed by atoms with Crippen LogP contribution < -0.4 is 20.7 Å². The number of likely N-dealkylation sites (tertiary alicyclic amines) is 1. The van der Waals surface area contributed by atoms with Gasteiger partial charge in [0.1, 0.15) is 5.75 Å². The van der Waals surface area contributed by atoms with Gasteiger partial charge in [-0.15, -0.1) is 0 Å². The number of aliphatic imine (C=N–C) groups is 1. The van der Waals surface area contributed by atoms with Gasteiger partial charge in [-0.3, -0.25) is 14.7 Å². The van der Waals surface area contributed by atoms with Gasteiger partial charge in [0.05, 0.1) is 13.2 Å². The van der Waals surface area contributed by atoms with Gasteiger partial charge in [0.2, 0.25) is 0 Å². The van der Waals surface area contributed by atoms with E-state index in [1.165, 1.54) is 18.4 Å². The summed E-state index contributed by atoms with van der Waals surface area (Å²) < 4.78 is 5.43. The van der Waals surface area contributed by atoms with E-state index in [1.807, 2.05) is 42.5 Å². The van der Waals surface area contributed by atoms with Crippen LogP contribution in [-0.4, -0.2) is 63.6 Å². The zero-order chi connectivity index (χ0) is 22.6. The third kappa shape index (κ3) is 6.99. The molecule has 32 heavy (non-hydrogen) atoms. The second-order valence-corrected chi connectivity index (χ2v) is 7.89. The van der Waals surface area contributed by atoms with Crippen LogP contribution in [0, 0.1) is 0 Å². The van der Waals surface area contributed by atoms with E-state index in [4.69, 9.17) is 4.74 Å². The molecule has 3 N–H and O–H groups in total. The first-order valence-corrected chi connectivity index (χ1v) is 11.4. The van der Waals surface area contributed by atoms with E-state index in [9.17, 15) is 4.79 Å². The minimum absolute atomic E-state index is 0.0418. The van der Waals surface area contributed by atoms with Gasteiger partial charge in [0.25, 0.3) is 5.91 Å². The van der Waals surface area contributed by atoms with Crippen molar-refractivity contribution in [3.63, 3.8) is 0 Å². The van der Waals surface area contributed by atoms with Crippen molar-refractivity contribution in [1.82, 2.24) is 20.9 Å². The maximum absolute atomic E-state index is 12.1. The van der Waals surface area contributed by atoms with Crippen LogP contribution >= 0.6 is 0 Å². The van der Waals surface area contributed by atoms with Crippen molar-refractivity contribution < 1.29 is 9.53 Å². The molecule has 0 radical (unpaired) electrons. The maximum Gasteiger partial charge on any atom is 0.251 e. The van der Waals surface area contributed by atoms with Crippen molar-refractivity contribution in [2.24, 2.45) is 4.99 Å². The minimum Gasteiger partial charge on any atom is -0.497 e. The van der Waals surface area contributed by atoms with Gasteiger partial charge >= 0.3 is 0 Å². The lowest BCUT2D eigenvalue weighted by Gasteiger charge is -2.29. The summed E-state index contributed by atoms with van der Waals surface area (Å²) in [5, 5.41) is 9.78. The number of methoxy groups -OCH3 is 1. The minimum atomic E-state index is -0.0418. The smallest absolute Gasteiger partial charge is 0.251 e. The van der Waals surface area contributed by atoms with Crippen LogP contribution in [0.3, 0.4) is 0 Å². The van der Waals surface area contributed by atoms with Gasteiger partial charge in [0, 0.05) is 32.2 Å². The van der Waals surface area contributed by atoms with Gasteiger partial charge in [-0.1, -0.05) is 30.3 Å². The molecule has 1 aliphatic rings. The van der Waals surface area contributed by atoms with Crippen LogP contribution in [0.5, 0.6) is 5.75 Å². The number of carbonyl (C=O) groups is 1. The molecule has 1 unspecified atom stereocenters. The molecule has 2 aromatic carbocycles. The Bertz CT molecular complexity index is 866. The molecule has 0 spiro atoms. The summed E-state index contributed by atoms with van der Waals surface area (Å²) in [6.07, 6.45) is 3.29. The Morgan fingerprint density at radius 2 is 1.78 bits per heavy atom. The fourth-order valence-corrected chi connectivity index (χ4v) is 3.96. The molecule has 0 saturated carbocycles. The van der Waals surface area contributed by atoms with Crippen molar-refractivity contribution in [1.29, 1.82) is 0 Å². The number of nitrogens with zero attached hydrogens (tertiary/aromatic N) is 2. The van der Waals surface area contributed by atoms with E-state index in [0.717, 1.165) is 44.3 Å². The van der Waals surface area contributed by atoms with E-state index < -0.39 is 0 Å². The van der Waals surface area contributed by atoms with Gasteiger partial charge in [-0.25, -0.2) is 0 Å². The van der Waals surface area contributed by atoms with Gasteiger partial charge < -0.3 is 20.7 Å². The normalized spacial score (nSPS) is 15.2. The average molecular weight is 438 g/mol. The molecule has 1 heterocycles. The lowest BCUT2D eigenvalue weighted by Crippen LogP contribution is -2.43. The van der Waals surface area contributed by atoms with Crippen LogP contribution in [0.25, 0.3) is 0 Å². The lowest BCUT2D eigenvalue weighted by molar-refractivity contribution is 0.0953. The predicted molar refractivity (Wildman–Crippen MR) is 129 cm³/mol. The molecule has 1 aliphatic heterocycles. The molecular weight excluding hydrogens is 402 g/mol. The Balaban J connectivity index is 1.45. The second-order valence-electron chi connectivity index (χ2n) is 7.89. The third-order valence-electron chi connectivity index (χ3n) is 5.71. The Labute approximate surface area is 191 Å². The number of hydrogen-bond donors (Lipinski definition) is 3. The van der Waals surface area contributed by atoms with Crippen molar-refractivity contribution in [3.05, 3.63) is 65.7 Å². The Morgan fingerprint density at radius 3 is 2.50 bits per heavy atom. The van der Waals surface area contributed by atoms with Gasteiger partial charge in [-0.2, -0.15) is 0 Å². The van der Waals surface area contributed by atoms with Crippen LogP contribution in [0.4, 0.5) is 0 Å². The molecule has 0 bridgehead atoms. The quantitative estimate of drug-likeness (QED) is 0.303. The van der Waals surface area contributed by atoms with Gasteiger partial charge in [-0.05, 0) is 62.2 Å². The number of hydrogen-bond acceptors (Lipinski definition) is 4. The number of guanidine groups is 1. The summed E-state index contributed by atoms with van der Waals surface area (Å²) >= 11 is 0. The van der Waals surface area contributed by atoms with Crippen LogP contribution in [-0.2, 0) is 0 Å². The standard InChI is InChI=1S/C25H35N5O2/c1-26-25(28-15-9-14-27-24(31)20-10-4-3-5-11-20)29-19-23(30-16-6-7-17-30)21-12-8-13-22(18-21)32-2/h3-5,8,10-13,18,23H,6-7,9,14-17,19H2,1-2H3,(H,27,31)(H2,26,28,29). The number of amides is 1. The van der Waals surface area contributed by atoms with Crippen molar-refractivity contribution in [2.45, 2.75) is 25.3 Å². The Morgan fingerprint density at radius 1 is 1.03 bits per heavy atom. The van der Waals surface area contributed by atoms with E-state index in [2.05, 4.69) is 38.0 Å². The first kappa shape index (κ1) is 23.6. The third-order valence-corrected chi connectivity index (χ3v) is 5.71. The van der Waals surface area contributed by atoms with Crippen LogP contribution in [0.2, 0.25) is 0 Å². The summed E-state index contributed by atoms with van der Waals surface area (Å²) in [6, 6.07) is 17.9. The average Bonchev–Trinajstić information content (AvgIpc) is 3.38. The highest BCUT2D eigenvalue weighted by atomic mass is 16.5. The summed E-state index contributed by atoms with van der Waals surface area (Å²) in [5.74, 6) is 1.61. The summed E-state index contributed by atoms with van der Waals surface area (Å²) in [4.78, 5) is 19.0. The molecule has 172 valence electrons. The highest BCUT2D eigenvalue weighted by Gasteiger charge is 2.24. The van der Waals surface area contributed by atoms with Crippen molar-refractivity contribution in [3.8, 4) is 5.75 Å². The largest absolute Gasteiger partial charge is 0.497 e. The number of carbonyl (C=O) groups excluding carboxylic acids is 1. The molecule has 7 nitrogen and oxygen atoms in total. The van der Waals surface area contributed by atoms with E-state index in [1.54, 1.807) is 14.2 Å². The molecule has 0 aliphatic carbocycles. The topological polar surface area (TPSA) is 78.0 Å². The van der Waals surface area contributed by atoms with E-state index in [-0.39, 0.29) is 11.9 Å². The first-order chi connectivity index (χ1) is 15.7. The van der Waals surface area contributed by atoms with Crippen LogP contribution in [0.15, 0.2) is 59.6 Å². The predicted octanol–water partition coefficient (Wildman–Crippen LogP) is 2.82. The SMILES string of the molecule is CN=C(NCCCNC(=O)c1ccccc1)NCC(c1cccc(OC)c1)N1CCCC1. The Kier molecular flexibility index (Phi) is 9.37. The molecule has 0 aromatic heterocycles. The molecule has 2 aromatic rings. The fraction of sp³-hybridized carbons (Fsp3) is 0.440. The molecule has 1 atom stereocenters. The summed E-state index contributed by atoms with van der Waals surface area (Å²) in [7, 11) is 3.49. The van der Waals surface area contributed by atoms with Crippen LogP contribution in [0.1, 0.15) is 41.2 Å².